The van der Waals surface area contributed by atoms with Gasteiger partial charge in [0.15, 0.2) is 0 Å². The summed E-state index contributed by atoms with van der Waals surface area (Å²) in [4.78, 5) is 13.9. The first-order valence-corrected chi connectivity index (χ1v) is 6.39. The highest BCUT2D eigenvalue weighted by Gasteiger charge is 2.21. The third-order valence-electron chi connectivity index (χ3n) is 2.74. The van der Waals surface area contributed by atoms with Crippen molar-refractivity contribution in [1.82, 2.24) is 4.90 Å². The van der Waals surface area contributed by atoms with E-state index in [9.17, 15) is 4.79 Å². The molecule has 1 amide bonds. The summed E-state index contributed by atoms with van der Waals surface area (Å²) in [7, 11) is 0. The van der Waals surface area contributed by atoms with Gasteiger partial charge in [-0.2, -0.15) is 5.26 Å². The highest BCUT2D eigenvalue weighted by atomic mass is 16.2. The fraction of sp³-hybridized carbons (Fsp3) is 0.846. The quantitative estimate of drug-likeness (QED) is 0.636. The largest absolute Gasteiger partial charge is 0.342 e. The second kappa shape index (κ2) is 9.21. The molecule has 0 aliphatic carbocycles. The lowest BCUT2D eigenvalue weighted by Crippen LogP contribution is -2.37. The van der Waals surface area contributed by atoms with Crippen LogP contribution in [0.15, 0.2) is 0 Å². The molecular weight excluding hydrogens is 200 g/mol. The number of carbonyl (C=O) groups excluding carboxylic acids is 1. The van der Waals surface area contributed by atoms with Crippen molar-refractivity contribution in [2.75, 3.05) is 13.1 Å². The minimum absolute atomic E-state index is 0.0203. The molecule has 0 aliphatic heterocycles. The molecule has 0 fully saturated rings. The van der Waals surface area contributed by atoms with Gasteiger partial charge in [-0.15, -0.1) is 0 Å². The maximum absolute atomic E-state index is 12.0. The lowest BCUT2D eigenvalue weighted by molar-refractivity contribution is -0.134. The summed E-state index contributed by atoms with van der Waals surface area (Å²) in [5.74, 6) is -0.430. The summed E-state index contributed by atoms with van der Waals surface area (Å²) in [5.41, 5.74) is 0. The Morgan fingerprint density at radius 3 is 2.00 bits per heavy atom. The molecule has 0 saturated carbocycles. The normalized spacial score (nSPS) is 11.9. The molecule has 0 rings (SSSR count). The van der Waals surface area contributed by atoms with Gasteiger partial charge >= 0.3 is 0 Å². The van der Waals surface area contributed by atoms with Crippen LogP contribution in [-0.2, 0) is 4.79 Å². The van der Waals surface area contributed by atoms with Crippen molar-refractivity contribution in [1.29, 1.82) is 5.26 Å². The Kier molecular flexibility index (Phi) is 8.61. The SMILES string of the molecule is CCCCN(CCCC)C(=O)C(C#N)CC. The van der Waals surface area contributed by atoms with E-state index >= 15 is 0 Å². The zero-order valence-electron chi connectivity index (χ0n) is 10.8. The maximum Gasteiger partial charge on any atom is 0.239 e. The van der Waals surface area contributed by atoms with Crippen LogP contribution in [-0.4, -0.2) is 23.9 Å². The average Bonchev–Trinajstić information content (AvgIpc) is 2.30. The summed E-state index contributed by atoms with van der Waals surface area (Å²) in [5, 5.41) is 8.90. The molecule has 3 heteroatoms. The van der Waals surface area contributed by atoms with Crippen molar-refractivity contribution in [2.45, 2.75) is 52.9 Å². The second-order valence-electron chi connectivity index (χ2n) is 4.12. The Balaban J connectivity index is 4.35. The van der Waals surface area contributed by atoms with E-state index in [2.05, 4.69) is 19.9 Å². The van der Waals surface area contributed by atoms with Crippen molar-refractivity contribution in [3.63, 3.8) is 0 Å². The first-order valence-electron chi connectivity index (χ1n) is 6.39. The van der Waals surface area contributed by atoms with E-state index < -0.39 is 5.92 Å². The van der Waals surface area contributed by atoms with Gasteiger partial charge < -0.3 is 4.90 Å². The Labute approximate surface area is 99.4 Å². The Bertz CT molecular complexity index is 225. The number of hydrogen-bond acceptors (Lipinski definition) is 2. The van der Waals surface area contributed by atoms with Crippen LogP contribution >= 0.6 is 0 Å². The van der Waals surface area contributed by atoms with Crippen LogP contribution in [0, 0.1) is 17.2 Å². The molecule has 0 spiro atoms. The van der Waals surface area contributed by atoms with Gasteiger partial charge in [-0.05, 0) is 19.3 Å². The molecule has 0 saturated heterocycles. The van der Waals surface area contributed by atoms with Gasteiger partial charge in [-0.25, -0.2) is 0 Å². The number of nitriles is 1. The molecule has 3 nitrogen and oxygen atoms in total. The van der Waals surface area contributed by atoms with Gasteiger partial charge in [-0.1, -0.05) is 33.6 Å². The predicted octanol–water partition coefficient (Wildman–Crippen LogP) is 2.96. The molecule has 0 radical (unpaired) electrons. The molecule has 0 aromatic rings. The van der Waals surface area contributed by atoms with Crippen LogP contribution < -0.4 is 0 Å². The van der Waals surface area contributed by atoms with Crippen LogP contribution in [0.25, 0.3) is 0 Å². The third-order valence-corrected chi connectivity index (χ3v) is 2.74. The lowest BCUT2D eigenvalue weighted by Gasteiger charge is -2.24. The second-order valence-corrected chi connectivity index (χ2v) is 4.12. The summed E-state index contributed by atoms with van der Waals surface area (Å²) in [6.45, 7) is 7.72. The van der Waals surface area contributed by atoms with Crippen LogP contribution in [0.3, 0.4) is 0 Å². The van der Waals surface area contributed by atoms with E-state index in [1.54, 1.807) is 0 Å². The van der Waals surface area contributed by atoms with Gasteiger partial charge in [0.1, 0.15) is 5.92 Å². The molecule has 0 bridgehead atoms. The zero-order chi connectivity index (χ0) is 12.4. The van der Waals surface area contributed by atoms with Crippen molar-refractivity contribution in [3.05, 3.63) is 0 Å². The standard InChI is InChI=1S/C13H24N2O/c1-4-7-9-15(10-8-5-2)13(16)12(6-3)11-14/h12H,4-10H2,1-3H3. The third kappa shape index (κ3) is 5.16. The topological polar surface area (TPSA) is 44.1 Å². The molecule has 16 heavy (non-hydrogen) atoms. The number of rotatable bonds is 8. The average molecular weight is 224 g/mol. The zero-order valence-corrected chi connectivity index (χ0v) is 10.8. The number of unbranched alkanes of at least 4 members (excludes halogenated alkanes) is 2. The first-order chi connectivity index (χ1) is 7.71. The van der Waals surface area contributed by atoms with Gasteiger partial charge in [0, 0.05) is 13.1 Å². The van der Waals surface area contributed by atoms with Gasteiger partial charge in [-0.3, -0.25) is 4.79 Å². The van der Waals surface area contributed by atoms with Crippen LogP contribution in [0.5, 0.6) is 0 Å². The van der Waals surface area contributed by atoms with E-state index in [4.69, 9.17) is 5.26 Å². The summed E-state index contributed by atoms with van der Waals surface area (Å²) in [6.07, 6.45) is 4.83. The molecule has 92 valence electrons. The summed E-state index contributed by atoms with van der Waals surface area (Å²) < 4.78 is 0. The van der Waals surface area contributed by atoms with Gasteiger partial charge in [0.05, 0.1) is 6.07 Å². The van der Waals surface area contributed by atoms with Crippen LogP contribution in [0.4, 0.5) is 0 Å². The molecule has 0 heterocycles. The van der Waals surface area contributed by atoms with Crippen molar-refractivity contribution >= 4 is 5.91 Å². The highest BCUT2D eigenvalue weighted by molar-refractivity contribution is 5.81. The molecule has 0 aromatic carbocycles. The number of amides is 1. The minimum atomic E-state index is -0.450. The summed E-state index contributed by atoms with van der Waals surface area (Å²) >= 11 is 0. The summed E-state index contributed by atoms with van der Waals surface area (Å²) in [6, 6.07) is 2.09. The highest BCUT2D eigenvalue weighted by Crippen LogP contribution is 2.09. The molecule has 0 N–H and O–H groups in total. The Morgan fingerprint density at radius 2 is 1.69 bits per heavy atom. The fourth-order valence-electron chi connectivity index (χ4n) is 1.57. The van der Waals surface area contributed by atoms with Crippen LogP contribution in [0.1, 0.15) is 52.9 Å². The smallest absolute Gasteiger partial charge is 0.239 e. The van der Waals surface area contributed by atoms with E-state index in [0.29, 0.717) is 6.42 Å². The molecule has 0 aliphatic rings. The molecule has 1 atom stereocenters. The van der Waals surface area contributed by atoms with E-state index in [0.717, 1.165) is 38.8 Å². The molecule has 0 aromatic heterocycles. The predicted molar refractivity (Wildman–Crippen MR) is 65.8 cm³/mol. The van der Waals surface area contributed by atoms with E-state index in [1.165, 1.54) is 0 Å². The Morgan fingerprint density at radius 1 is 1.19 bits per heavy atom. The monoisotopic (exact) mass is 224 g/mol. The molecule has 1 unspecified atom stereocenters. The number of hydrogen-bond donors (Lipinski definition) is 0. The van der Waals surface area contributed by atoms with Crippen LogP contribution in [0.2, 0.25) is 0 Å². The van der Waals surface area contributed by atoms with Gasteiger partial charge in [0.2, 0.25) is 5.91 Å². The number of nitrogens with zero attached hydrogens (tertiary/aromatic N) is 2. The molecular formula is C13H24N2O. The van der Waals surface area contributed by atoms with Crippen molar-refractivity contribution in [3.8, 4) is 6.07 Å². The Hall–Kier alpha value is -1.04. The maximum atomic E-state index is 12.0. The fourth-order valence-corrected chi connectivity index (χ4v) is 1.57. The lowest BCUT2D eigenvalue weighted by atomic mass is 10.1. The van der Waals surface area contributed by atoms with E-state index in [-0.39, 0.29) is 5.91 Å². The van der Waals surface area contributed by atoms with Gasteiger partial charge in [0.25, 0.3) is 0 Å². The van der Waals surface area contributed by atoms with Crippen molar-refractivity contribution < 1.29 is 4.79 Å². The van der Waals surface area contributed by atoms with Crippen molar-refractivity contribution in [2.24, 2.45) is 5.92 Å². The minimum Gasteiger partial charge on any atom is -0.342 e. The first kappa shape index (κ1) is 15.0. The number of carbonyl (C=O) groups is 1. The van der Waals surface area contributed by atoms with E-state index in [1.807, 2.05) is 11.8 Å².